The molecule has 0 N–H and O–H groups in total. The maximum atomic E-state index is 12.9. The van der Waals surface area contributed by atoms with E-state index in [0.717, 1.165) is 96.3 Å². The van der Waals surface area contributed by atoms with E-state index in [1.807, 2.05) is 0 Å². The first kappa shape index (κ1) is 75.8. The minimum absolute atomic E-state index is 0.0789. The van der Waals surface area contributed by atoms with Crippen LogP contribution in [0.15, 0.2) is 72.9 Å². The second-order valence-electron chi connectivity index (χ2n) is 23.1. The van der Waals surface area contributed by atoms with Gasteiger partial charge in [-0.15, -0.1) is 0 Å². The van der Waals surface area contributed by atoms with E-state index >= 15 is 0 Å². The van der Waals surface area contributed by atoms with Gasteiger partial charge in [0.1, 0.15) is 13.2 Å². The molecule has 458 valence electrons. The molecule has 0 aromatic heterocycles. The molecule has 0 aromatic carbocycles. The number of allylic oxidation sites excluding steroid dienone is 12. The van der Waals surface area contributed by atoms with E-state index in [1.165, 1.54) is 218 Å². The van der Waals surface area contributed by atoms with Crippen LogP contribution in [-0.2, 0) is 28.6 Å². The molecule has 0 aliphatic rings. The Morgan fingerprint density at radius 2 is 0.481 bits per heavy atom. The molecule has 1 atom stereocenters. The Balaban J connectivity index is 4.22. The molecule has 0 bridgehead atoms. The molecule has 0 radical (unpaired) electrons. The Hall–Kier alpha value is -3.15. The molecule has 6 nitrogen and oxygen atoms in total. The van der Waals surface area contributed by atoms with Gasteiger partial charge in [-0.05, 0) is 109 Å². The van der Waals surface area contributed by atoms with Crippen LogP contribution >= 0.6 is 0 Å². The zero-order chi connectivity index (χ0) is 57.1. The molecule has 0 rings (SSSR count). The molecule has 0 aliphatic heterocycles. The Morgan fingerprint density at radius 3 is 0.772 bits per heavy atom. The molecule has 0 saturated carbocycles. The van der Waals surface area contributed by atoms with Crippen molar-refractivity contribution in [3.63, 3.8) is 0 Å². The lowest BCUT2D eigenvalue weighted by molar-refractivity contribution is -0.167. The van der Waals surface area contributed by atoms with Crippen molar-refractivity contribution in [3.8, 4) is 0 Å². The number of carbonyl (C=O) groups excluding carboxylic acids is 3. The van der Waals surface area contributed by atoms with Crippen LogP contribution in [0.2, 0.25) is 0 Å². The van der Waals surface area contributed by atoms with Crippen molar-refractivity contribution < 1.29 is 28.6 Å². The van der Waals surface area contributed by atoms with Crippen LogP contribution in [0.4, 0.5) is 0 Å². The topological polar surface area (TPSA) is 78.9 Å². The SMILES string of the molecule is CCC/C=C\C/C=C\CCCCCCCC(=O)OCC(COC(=O)CCCCCCCCCCCCCCCCCCC/C=C\C/C=C\CCCCCCC)OC(=O)CCCCCCCCCCC/C=C\C/C=C\CCCCC. The summed E-state index contributed by atoms with van der Waals surface area (Å²) in [5.41, 5.74) is 0. The smallest absolute Gasteiger partial charge is 0.306 e. The van der Waals surface area contributed by atoms with Gasteiger partial charge in [-0.25, -0.2) is 0 Å². The van der Waals surface area contributed by atoms with Gasteiger partial charge >= 0.3 is 17.9 Å². The van der Waals surface area contributed by atoms with Gasteiger partial charge in [0.05, 0.1) is 0 Å². The summed E-state index contributed by atoms with van der Waals surface area (Å²) in [6.07, 6.45) is 87.8. The predicted octanol–water partition coefficient (Wildman–Crippen LogP) is 23.7. The molecule has 0 fully saturated rings. The van der Waals surface area contributed by atoms with E-state index in [1.54, 1.807) is 0 Å². The number of rotatable bonds is 63. The Labute approximate surface area is 491 Å². The van der Waals surface area contributed by atoms with Crippen molar-refractivity contribution in [1.29, 1.82) is 0 Å². The van der Waals surface area contributed by atoms with Crippen molar-refractivity contribution >= 4 is 17.9 Å². The molecule has 0 aromatic rings. The minimum atomic E-state index is -0.784. The molecule has 0 heterocycles. The predicted molar refractivity (Wildman–Crippen MR) is 344 cm³/mol. The van der Waals surface area contributed by atoms with Gasteiger partial charge in [0.2, 0.25) is 0 Å². The second-order valence-corrected chi connectivity index (χ2v) is 23.1. The molecule has 0 saturated heterocycles. The summed E-state index contributed by atoms with van der Waals surface area (Å²) in [6, 6.07) is 0. The normalized spacial score (nSPS) is 12.5. The van der Waals surface area contributed by atoms with Gasteiger partial charge < -0.3 is 14.2 Å². The van der Waals surface area contributed by atoms with Gasteiger partial charge in [-0.1, -0.05) is 299 Å². The zero-order valence-corrected chi connectivity index (χ0v) is 52.6. The number of hydrogen-bond donors (Lipinski definition) is 0. The van der Waals surface area contributed by atoms with Crippen molar-refractivity contribution in [3.05, 3.63) is 72.9 Å². The minimum Gasteiger partial charge on any atom is -0.462 e. The molecular weight excluding hydrogens is 973 g/mol. The number of carbonyl (C=O) groups is 3. The maximum Gasteiger partial charge on any atom is 0.306 e. The van der Waals surface area contributed by atoms with Crippen LogP contribution in [0.3, 0.4) is 0 Å². The van der Waals surface area contributed by atoms with Gasteiger partial charge in [-0.2, -0.15) is 0 Å². The van der Waals surface area contributed by atoms with E-state index in [2.05, 4.69) is 93.7 Å². The highest BCUT2D eigenvalue weighted by atomic mass is 16.6. The van der Waals surface area contributed by atoms with Crippen molar-refractivity contribution in [2.24, 2.45) is 0 Å². The first-order chi connectivity index (χ1) is 39.0. The zero-order valence-electron chi connectivity index (χ0n) is 52.6. The fourth-order valence-electron chi connectivity index (χ4n) is 9.96. The third kappa shape index (κ3) is 65.5. The molecular formula is C73H130O6. The average Bonchev–Trinajstić information content (AvgIpc) is 3.45. The Kier molecular flexibility index (Phi) is 64.7. The van der Waals surface area contributed by atoms with Crippen molar-refractivity contribution in [1.82, 2.24) is 0 Å². The lowest BCUT2D eigenvalue weighted by atomic mass is 10.0. The first-order valence-corrected chi connectivity index (χ1v) is 34.4. The summed E-state index contributed by atoms with van der Waals surface area (Å²) in [4.78, 5) is 38.4. The number of ether oxygens (including phenoxy) is 3. The van der Waals surface area contributed by atoms with Crippen molar-refractivity contribution in [2.45, 2.75) is 361 Å². The third-order valence-corrected chi connectivity index (χ3v) is 15.1. The molecule has 0 amide bonds. The van der Waals surface area contributed by atoms with E-state index in [0.29, 0.717) is 19.3 Å². The van der Waals surface area contributed by atoms with Crippen LogP contribution in [-0.4, -0.2) is 37.2 Å². The number of unbranched alkanes of at least 4 members (excludes halogenated alkanes) is 40. The first-order valence-electron chi connectivity index (χ1n) is 34.4. The molecule has 6 heteroatoms. The maximum absolute atomic E-state index is 12.9. The van der Waals surface area contributed by atoms with Crippen LogP contribution in [0.25, 0.3) is 0 Å². The van der Waals surface area contributed by atoms with E-state index in [4.69, 9.17) is 14.2 Å². The molecule has 1 unspecified atom stereocenters. The fraction of sp³-hybridized carbons (Fsp3) is 0.795. The van der Waals surface area contributed by atoms with Gasteiger partial charge in [0.15, 0.2) is 6.10 Å². The summed E-state index contributed by atoms with van der Waals surface area (Å²) < 4.78 is 16.9. The van der Waals surface area contributed by atoms with Crippen LogP contribution in [0, 0.1) is 0 Å². The average molecular weight is 1100 g/mol. The summed E-state index contributed by atoms with van der Waals surface area (Å²) >= 11 is 0. The monoisotopic (exact) mass is 1100 g/mol. The van der Waals surface area contributed by atoms with Crippen molar-refractivity contribution in [2.75, 3.05) is 13.2 Å². The summed E-state index contributed by atoms with van der Waals surface area (Å²) in [7, 11) is 0. The highest BCUT2D eigenvalue weighted by Crippen LogP contribution is 2.17. The largest absolute Gasteiger partial charge is 0.462 e. The van der Waals surface area contributed by atoms with Gasteiger partial charge in [0, 0.05) is 19.3 Å². The Bertz CT molecular complexity index is 1450. The van der Waals surface area contributed by atoms with Crippen LogP contribution < -0.4 is 0 Å². The summed E-state index contributed by atoms with van der Waals surface area (Å²) in [5, 5.41) is 0. The standard InChI is InChI=1S/C73H130O6/c1-4-7-10-13-16-19-22-25-27-29-31-32-33-34-35-36-37-38-39-40-42-43-45-48-51-54-57-60-63-66-72(75)78-69-70(68-77-71(74)65-62-59-56-53-50-47-24-21-18-15-12-9-6-3)79-73(76)67-64-61-58-55-52-49-46-44-41-30-28-26-23-20-17-14-11-8-5-2/h12,15,17,20-22,24-26,28-29,31,70H,4-11,13-14,16,18-19,23,27,30,32-69H2,1-3H3/b15-12-,20-17-,24-21-,25-22-,28-26-,31-29-. The lowest BCUT2D eigenvalue weighted by Gasteiger charge is -2.18. The summed E-state index contributed by atoms with van der Waals surface area (Å²) in [5.74, 6) is -0.880. The van der Waals surface area contributed by atoms with Crippen LogP contribution in [0.5, 0.6) is 0 Å². The highest BCUT2D eigenvalue weighted by Gasteiger charge is 2.19. The van der Waals surface area contributed by atoms with Gasteiger partial charge in [0.25, 0.3) is 0 Å². The lowest BCUT2D eigenvalue weighted by Crippen LogP contribution is -2.30. The van der Waals surface area contributed by atoms with E-state index < -0.39 is 6.10 Å². The highest BCUT2D eigenvalue weighted by molar-refractivity contribution is 5.71. The fourth-order valence-corrected chi connectivity index (χ4v) is 9.96. The van der Waals surface area contributed by atoms with E-state index in [-0.39, 0.29) is 31.1 Å². The molecule has 0 aliphatic carbocycles. The molecule has 0 spiro atoms. The second kappa shape index (κ2) is 67.4. The Morgan fingerprint density at radius 1 is 0.253 bits per heavy atom. The quantitative estimate of drug-likeness (QED) is 0.0261. The number of esters is 3. The van der Waals surface area contributed by atoms with Gasteiger partial charge in [-0.3, -0.25) is 14.4 Å². The summed E-state index contributed by atoms with van der Waals surface area (Å²) in [6.45, 7) is 6.57. The third-order valence-electron chi connectivity index (χ3n) is 15.1. The molecule has 79 heavy (non-hydrogen) atoms. The van der Waals surface area contributed by atoms with Crippen LogP contribution in [0.1, 0.15) is 355 Å². The van der Waals surface area contributed by atoms with E-state index in [9.17, 15) is 14.4 Å². The number of hydrogen-bond acceptors (Lipinski definition) is 6.